The number of ether oxygens (including phenoxy) is 1. The molecule has 2 aliphatic rings. The van der Waals surface area contributed by atoms with Crippen molar-refractivity contribution in [2.45, 2.75) is 38.1 Å². The van der Waals surface area contributed by atoms with Crippen molar-refractivity contribution < 1.29 is 4.74 Å². The third-order valence-corrected chi connectivity index (χ3v) is 4.37. The largest absolute Gasteiger partial charge is 0.493 e. The number of nitrogens with two attached hydrogens (primary N) is 1. The van der Waals surface area contributed by atoms with Crippen LogP contribution in [0.5, 0.6) is 5.75 Å². The Balaban J connectivity index is 1.55. The van der Waals surface area contributed by atoms with Gasteiger partial charge in [-0.25, -0.2) is 0 Å². The molecule has 2 N–H and O–H groups in total. The molecule has 3 rings (SSSR count). The van der Waals surface area contributed by atoms with E-state index in [1.54, 1.807) is 0 Å². The van der Waals surface area contributed by atoms with Gasteiger partial charge < -0.3 is 15.4 Å². The lowest BCUT2D eigenvalue weighted by Crippen LogP contribution is -2.42. The fourth-order valence-corrected chi connectivity index (χ4v) is 2.87. The summed E-state index contributed by atoms with van der Waals surface area (Å²) in [6.45, 7) is 2.98. The standard InChI is InChI=1S/C16H24N2O/c17-14-5-2-10-18(11-14)15-6-8-16(9-7-15)19-12-13-3-1-4-13/h6-9,13-14H,1-5,10-12,17H2. The van der Waals surface area contributed by atoms with Crippen LogP contribution >= 0.6 is 0 Å². The van der Waals surface area contributed by atoms with Crippen LogP contribution in [0.4, 0.5) is 5.69 Å². The van der Waals surface area contributed by atoms with E-state index in [0.29, 0.717) is 6.04 Å². The molecule has 1 saturated carbocycles. The van der Waals surface area contributed by atoms with Crippen molar-refractivity contribution in [2.75, 3.05) is 24.6 Å². The van der Waals surface area contributed by atoms with Gasteiger partial charge in [0.15, 0.2) is 0 Å². The summed E-state index contributed by atoms with van der Waals surface area (Å²) in [4.78, 5) is 2.38. The topological polar surface area (TPSA) is 38.5 Å². The van der Waals surface area contributed by atoms with E-state index in [-0.39, 0.29) is 0 Å². The van der Waals surface area contributed by atoms with Crippen molar-refractivity contribution in [1.29, 1.82) is 0 Å². The normalized spacial score (nSPS) is 24.1. The Kier molecular flexibility index (Phi) is 3.92. The Morgan fingerprint density at radius 3 is 2.53 bits per heavy atom. The smallest absolute Gasteiger partial charge is 0.119 e. The molecule has 0 spiro atoms. The maximum atomic E-state index is 6.03. The van der Waals surface area contributed by atoms with Gasteiger partial charge in [0.05, 0.1) is 6.61 Å². The molecular weight excluding hydrogens is 236 g/mol. The van der Waals surface area contributed by atoms with Crippen LogP contribution in [0.1, 0.15) is 32.1 Å². The van der Waals surface area contributed by atoms with Crippen LogP contribution in [0, 0.1) is 5.92 Å². The Hall–Kier alpha value is -1.22. The van der Waals surface area contributed by atoms with E-state index in [4.69, 9.17) is 10.5 Å². The number of rotatable bonds is 4. The van der Waals surface area contributed by atoms with Crippen LogP contribution in [0.3, 0.4) is 0 Å². The monoisotopic (exact) mass is 260 g/mol. The second-order valence-corrected chi connectivity index (χ2v) is 5.95. The van der Waals surface area contributed by atoms with Gasteiger partial charge in [-0.2, -0.15) is 0 Å². The van der Waals surface area contributed by atoms with Gasteiger partial charge in [0.2, 0.25) is 0 Å². The molecule has 1 aliphatic carbocycles. The van der Waals surface area contributed by atoms with Crippen LogP contribution in [0.25, 0.3) is 0 Å². The first-order chi connectivity index (χ1) is 9.31. The van der Waals surface area contributed by atoms with Gasteiger partial charge in [0, 0.05) is 24.8 Å². The Bertz CT molecular complexity index is 400. The SMILES string of the molecule is NC1CCCN(c2ccc(OCC3CCC3)cc2)C1. The average Bonchev–Trinajstić information content (AvgIpc) is 2.38. The lowest BCUT2D eigenvalue weighted by molar-refractivity contribution is 0.180. The van der Waals surface area contributed by atoms with Crippen molar-refractivity contribution in [1.82, 2.24) is 0 Å². The molecule has 0 radical (unpaired) electrons. The van der Waals surface area contributed by atoms with E-state index in [9.17, 15) is 0 Å². The van der Waals surface area contributed by atoms with Gasteiger partial charge in [-0.15, -0.1) is 0 Å². The summed E-state index contributed by atoms with van der Waals surface area (Å²) < 4.78 is 5.83. The number of benzene rings is 1. The first-order valence-corrected chi connectivity index (χ1v) is 7.54. The fourth-order valence-electron chi connectivity index (χ4n) is 2.87. The summed E-state index contributed by atoms with van der Waals surface area (Å²) in [5, 5.41) is 0. The minimum Gasteiger partial charge on any atom is -0.493 e. The Morgan fingerprint density at radius 1 is 1.11 bits per heavy atom. The average molecular weight is 260 g/mol. The van der Waals surface area contributed by atoms with Crippen molar-refractivity contribution >= 4 is 5.69 Å². The van der Waals surface area contributed by atoms with Gasteiger partial charge in [-0.05, 0) is 55.9 Å². The molecule has 1 aliphatic heterocycles. The third-order valence-electron chi connectivity index (χ3n) is 4.37. The molecule has 0 amide bonds. The number of anilines is 1. The van der Waals surface area contributed by atoms with Gasteiger partial charge in [0.25, 0.3) is 0 Å². The maximum Gasteiger partial charge on any atom is 0.119 e. The molecule has 1 unspecified atom stereocenters. The van der Waals surface area contributed by atoms with Crippen molar-refractivity contribution in [3.8, 4) is 5.75 Å². The summed E-state index contributed by atoms with van der Waals surface area (Å²) in [7, 11) is 0. The molecule has 1 aromatic carbocycles. The highest BCUT2D eigenvalue weighted by Crippen LogP contribution is 2.28. The van der Waals surface area contributed by atoms with Crippen LogP contribution in [0.2, 0.25) is 0 Å². The summed E-state index contributed by atoms with van der Waals surface area (Å²) in [6, 6.07) is 8.83. The summed E-state index contributed by atoms with van der Waals surface area (Å²) in [5.41, 5.74) is 7.30. The number of piperidine rings is 1. The lowest BCUT2D eigenvalue weighted by atomic mass is 9.86. The molecule has 104 valence electrons. The highest BCUT2D eigenvalue weighted by Gasteiger charge is 2.18. The summed E-state index contributed by atoms with van der Waals surface area (Å²) in [6.07, 6.45) is 6.40. The van der Waals surface area contributed by atoms with Gasteiger partial charge in [0.1, 0.15) is 5.75 Å². The van der Waals surface area contributed by atoms with E-state index < -0.39 is 0 Å². The molecular formula is C16H24N2O. The second kappa shape index (κ2) is 5.83. The van der Waals surface area contributed by atoms with Crippen molar-refractivity contribution in [2.24, 2.45) is 11.7 Å². The zero-order valence-corrected chi connectivity index (χ0v) is 11.6. The number of hydrogen-bond acceptors (Lipinski definition) is 3. The van der Waals surface area contributed by atoms with Gasteiger partial charge in [-0.1, -0.05) is 6.42 Å². The molecule has 1 atom stereocenters. The molecule has 1 saturated heterocycles. The lowest BCUT2D eigenvalue weighted by Gasteiger charge is -2.32. The van der Waals surface area contributed by atoms with E-state index in [1.165, 1.54) is 31.4 Å². The fraction of sp³-hybridized carbons (Fsp3) is 0.625. The first kappa shape index (κ1) is 12.8. The Morgan fingerprint density at radius 2 is 1.89 bits per heavy atom. The summed E-state index contributed by atoms with van der Waals surface area (Å²) in [5.74, 6) is 1.79. The van der Waals surface area contributed by atoms with Gasteiger partial charge >= 0.3 is 0 Å². The molecule has 0 aromatic heterocycles. The zero-order valence-electron chi connectivity index (χ0n) is 11.6. The van der Waals surface area contributed by atoms with Crippen LogP contribution < -0.4 is 15.4 Å². The highest BCUT2D eigenvalue weighted by molar-refractivity contribution is 5.49. The van der Waals surface area contributed by atoms with Crippen molar-refractivity contribution in [3.05, 3.63) is 24.3 Å². The van der Waals surface area contributed by atoms with E-state index in [2.05, 4.69) is 29.2 Å². The molecule has 2 fully saturated rings. The quantitative estimate of drug-likeness (QED) is 0.904. The van der Waals surface area contributed by atoms with E-state index in [0.717, 1.165) is 37.8 Å². The maximum absolute atomic E-state index is 6.03. The first-order valence-electron chi connectivity index (χ1n) is 7.54. The molecule has 0 bridgehead atoms. The molecule has 1 heterocycles. The molecule has 1 aromatic rings. The van der Waals surface area contributed by atoms with Crippen molar-refractivity contribution in [3.63, 3.8) is 0 Å². The van der Waals surface area contributed by atoms with Crippen LogP contribution in [-0.4, -0.2) is 25.7 Å². The minimum absolute atomic E-state index is 0.322. The predicted octanol–water partition coefficient (Wildman–Crippen LogP) is 2.79. The molecule has 3 heteroatoms. The molecule has 3 nitrogen and oxygen atoms in total. The van der Waals surface area contributed by atoms with Crippen LogP contribution in [0.15, 0.2) is 24.3 Å². The summed E-state index contributed by atoms with van der Waals surface area (Å²) >= 11 is 0. The van der Waals surface area contributed by atoms with Crippen LogP contribution in [-0.2, 0) is 0 Å². The molecule has 19 heavy (non-hydrogen) atoms. The third kappa shape index (κ3) is 3.21. The highest BCUT2D eigenvalue weighted by atomic mass is 16.5. The van der Waals surface area contributed by atoms with E-state index >= 15 is 0 Å². The number of hydrogen-bond donors (Lipinski definition) is 1. The zero-order chi connectivity index (χ0) is 13.1. The van der Waals surface area contributed by atoms with Gasteiger partial charge in [-0.3, -0.25) is 0 Å². The minimum atomic E-state index is 0.322. The predicted molar refractivity (Wildman–Crippen MR) is 78.7 cm³/mol. The van der Waals surface area contributed by atoms with E-state index in [1.807, 2.05) is 0 Å². The number of nitrogens with zero attached hydrogens (tertiary/aromatic N) is 1. The Labute approximate surface area is 115 Å². The second-order valence-electron chi connectivity index (χ2n) is 5.95.